The van der Waals surface area contributed by atoms with Gasteiger partial charge in [0.15, 0.2) is 6.10 Å². The van der Waals surface area contributed by atoms with E-state index in [1.165, 1.54) is 31.9 Å². The number of amides is 2. The van der Waals surface area contributed by atoms with Crippen LogP contribution >= 0.6 is 23.4 Å². The molecule has 2 amide bonds. The molecule has 0 saturated heterocycles. The molecular weight excluding hydrogens is 754 g/mol. The van der Waals surface area contributed by atoms with Gasteiger partial charge in [-0.25, -0.2) is 19.6 Å². The minimum atomic E-state index is -1.16. The number of nitrogen functional groups attached to an aromatic ring is 1. The average molecular weight is 790 g/mol. The van der Waals surface area contributed by atoms with Crippen LogP contribution in [-0.2, 0) is 34.4 Å². The molecule has 2 aromatic carbocycles. The van der Waals surface area contributed by atoms with Crippen molar-refractivity contribution in [3.05, 3.63) is 76.6 Å². The molecule has 0 aliphatic heterocycles. The van der Waals surface area contributed by atoms with Gasteiger partial charge < -0.3 is 46.5 Å². The van der Waals surface area contributed by atoms with Gasteiger partial charge in [-0.05, 0) is 55.8 Å². The Hall–Kier alpha value is -6.18. The number of anilines is 1. The number of halogens is 1. The molecule has 4 rings (SSSR count). The SMILES string of the molecule is CC(NC(=O)CN)C(=O)O[C@H](COC(=O)[C@H](C)NC(=O)CN)COc1ccc(-c2c(C#N)c(N)nc(SCc3coc(-c4ccc(Cl)cc4)n3)c2C#N)cc1. The highest BCUT2D eigenvalue weighted by molar-refractivity contribution is 7.98. The summed E-state index contributed by atoms with van der Waals surface area (Å²) in [5.74, 6) is -1.97. The Labute approximate surface area is 324 Å². The molecule has 0 spiro atoms. The van der Waals surface area contributed by atoms with E-state index < -0.39 is 48.5 Å². The molecule has 3 atom stereocenters. The zero-order valence-corrected chi connectivity index (χ0v) is 31.1. The summed E-state index contributed by atoms with van der Waals surface area (Å²) in [6.07, 6.45) is 0.335. The molecule has 2 heterocycles. The molecule has 286 valence electrons. The summed E-state index contributed by atoms with van der Waals surface area (Å²) in [5, 5.41) is 25.8. The summed E-state index contributed by atoms with van der Waals surface area (Å²) in [4.78, 5) is 57.3. The number of esters is 2. The van der Waals surface area contributed by atoms with Crippen LogP contribution in [0.4, 0.5) is 5.82 Å². The molecule has 55 heavy (non-hydrogen) atoms. The summed E-state index contributed by atoms with van der Waals surface area (Å²) >= 11 is 7.17. The van der Waals surface area contributed by atoms with Gasteiger partial charge in [0.25, 0.3) is 0 Å². The Kier molecular flexibility index (Phi) is 14.9. The summed E-state index contributed by atoms with van der Waals surface area (Å²) in [5.41, 5.74) is 18.9. The van der Waals surface area contributed by atoms with E-state index in [9.17, 15) is 29.7 Å². The van der Waals surface area contributed by atoms with Crippen LogP contribution in [0.2, 0.25) is 5.02 Å². The van der Waals surface area contributed by atoms with Crippen molar-refractivity contribution in [3.8, 4) is 40.5 Å². The Morgan fingerprint density at radius 2 is 1.47 bits per heavy atom. The summed E-state index contributed by atoms with van der Waals surface area (Å²) in [7, 11) is 0. The second-order valence-corrected chi connectivity index (χ2v) is 13.0. The average Bonchev–Trinajstić information content (AvgIpc) is 3.66. The number of nitrogens with two attached hydrogens (primary N) is 3. The Balaban J connectivity index is 1.50. The minimum Gasteiger partial charge on any atom is -0.490 e. The second kappa shape index (κ2) is 19.8. The summed E-state index contributed by atoms with van der Waals surface area (Å²) < 4.78 is 22.2. The summed E-state index contributed by atoms with van der Waals surface area (Å²) in [6.45, 7) is 1.32. The number of rotatable bonds is 17. The van der Waals surface area contributed by atoms with Crippen LogP contribution in [0.5, 0.6) is 5.75 Å². The molecular formula is C36H36ClN9O8S. The fourth-order valence-corrected chi connectivity index (χ4v) is 5.74. The van der Waals surface area contributed by atoms with E-state index in [2.05, 4.69) is 26.7 Å². The van der Waals surface area contributed by atoms with Gasteiger partial charge in [0.05, 0.1) is 24.3 Å². The van der Waals surface area contributed by atoms with Gasteiger partial charge in [-0.1, -0.05) is 35.5 Å². The van der Waals surface area contributed by atoms with Crippen LogP contribution in [0.3, 0.4) is 0 Å². The van der Waals surface area contributed by atoms with Crippen LogP contribution < -0.4 is 32.6 Å². The van der Waals surface area contributed by atoms with Gasteiger partial charge in [0.1, 0.15) is 65.9 Å². The first kappa shape index (κ1) is 41.6. The van der Waals surface area contributed by atoms with Gasteiger partial charge in [0, 0.05) is 21.9 Å². The van der Waals surface area contributed by atoms with Gasteiger partial charge in [-0.3, -0.25) is 9.59 Å². The van der Waals surface area contributed by atoms with E-state index in [0.717, 1.165) is 5.56 Å². The number of hydrogen-bond acceptors (Lipinski definition) is 16. The number of pyridine rings is 1. The minimum absolute atomic E-state index is 0.00236. The maximum absolute atomic E-state index is 12.7. The van der Waals surface area contributed by atoms with Crippen molar-refractivity contribution in [2.45, 2.75) is 42.8 Å². The highest BCUT2D eigenvalue weighted by Gasteiger charge is 2.26. The standard InChI is InChI=1S/C36H36ClN9O8S/c1-19(43-29(47)13-40)35(49)53-17-26(54-36(50)20(2)44-30(48)14-41)16-51-25-9-5-21(6-10-25)31-27(11-38)32(42)46-34(28(31)12-39)55-18-24-15-52-33(45-24)22-3-7-23(37)8-4-22/h3-10,15,19-20,26H,13-14,16-18,40-41H2,1-2H3,(H2,42,46)(H,43,47)(H,44,48)/t19-,20?,26-/m0/s1. The Morgan fingerprint density at radius 1 is 0.873 bits per heavy atom. The number of benzene rings is 2. The second-order valence-electron chi connectivity index (χ2n) is 11.6. The van der Waals surface area contributed by atoms with E-state index in [-0.39, 0.29) is 58.7 Å². The first-order chi connectivity index (χ1) is 26.4. The normalized spacial score (nSPS) is 12.3. The van der Waals surface area contributed by atoms with Crippen molar-refractivity contribution >= 4 is 52.9 Å². The van der Waals surface area contributed by atoms with Gasteiger partial charge in [-0.15, -0.1) is 0 Å². The first-order valence-electron chi connectivity index (χ1n) is 16.4. The van der Waals surface area contributed by atoms with Crippen molar-refractivity contribution in [1.29, 1.82) is 10.5 Å². The van der Waals surface area contributed by atoms with Crippen LogP contribution in [0.1, 0.15) is 30.7 Å². The smallest absolute Gasteiger partial charge is 0.328 e. The zero-order valence-electron chi connectivity index (χ0n) is 29.5. The lowest BCUT2D eigenvalue weighted by atomic mass is 9.97. The number of carbonyl (C=O) groups is 4. The monoisotopic (exact) mass is 789 g/mol. The van der Waals surface area contributed by atoms with E-state index in [1.54, 1.807) is 48.5 Å². The molecule has 0 aliphatic rings. The zero-order chi connectivity index (χ0) is 40.1. The molecule has 19 heteroatoms. The summed E-state index contributed by atoms with van der Waals surface area (Å²) in [6, 6.07) is 15.4. The molecule has 8 N–H and O–H groups in total. The third kappa shape index (κ3) is 11.4. The van der Waals surface area contributed by atoms with Crippen molar-refractivity contribution < 1.29 is 37.8 Å². The molecule has 17 nitrogen and oxygen atoms in total. The number of aromatic nitrogens is 2. The van der Waals surface area contributed by atoms with E-state index >= 15 is 0 Å². The highest BCUT2D eigenvalue weighted by atomic mass is 35.5. The van der Waals surface area contributed by atoms with Crippen LogP contribution in [-0.4, -0.2) is 78.2 Å². The van der Waals surface area contributed by atoms with Crippen molar-refractivity contribution in [2.75, 3.05) is 32.0 Å². The molecule has 0 aliphatic carbocycles. The van der Waals surface area contributed by atoms with Crippen molar-refractivity contribution in [1.82, 2.24) is 20.6 Å². The highest BCUT2D eigenvalue weighted by Crippen LogP contribution is 2.37. The third-order valence-electron chi connectivity index (χ3n) is 7.52. The molecule has 0 fully saturated rings. The predicted octanol–water partition coefficient (Wildman–Crippen LogP) is 2.44. The maximum atomic E-state index is 12.7. The van der Waals surface area contributed by atoms with E-state index in [4.69, 9.17) is 47.4 Å². The molecule has 1 unspecified atom stereocenters. The molecule has 0 radical (unpaired) electrons. The maximum Gasteiger partial charge on any atom is 0.328 e. The number of nitriles is 2. The Bertz CT molecular complexity index is 2100. The molecule has 0 bridgehead atoms. The number of ether oxygens (including phenoxy) is 3. The lowest BCUT2D eigenvalue weighted by molar-refractivity contribution is -0.163. The molecule has 4 aromatic rings. The predicted molar refractivity (Wildman–Crippen MR) is 200 cm³/mol. The van der Waals surface area contributed by atoms with Gasteiger partial charge in [-0.2, -0.15) is 10.5 Å². The van der Waals surface area contributed by atoms with Gasteiger partial charge >= 0.3 is 11.9 Å². The number of hydrogen-bond donors (Lipinski definition) is 5. The van der Waals surface area contributed by atoms with Crippen molar-refractivity contribution in [2.24, 2.45) is 11.5 Å². The fraction of sp³-hybridized carbons (Fsp3) is 0.278. The molecule has 2 aromatic heterocycles. The number of thioether (sulfide) groups is 1. The quantitative estimate of drug-likeness (QED) is 0.0758. The largest absolute Gasteiger partial charge is 0.490 e. The number of nitrogens with zero attached hydrogens (tertiary/aromatic N) is 4. The fourth-order valence-electron chi connectivity index (χ4n) is 4.74. The van der Waals surface area contributed by atoms with E-state index in [1.807, 2.05) is 6.07 Å². The molecule has 0 saturated carbocycles. The Morgan fingerprint density at radius 3 is 2.07 bits per heavy atom. The number of carbonyl (C=O) groups excluding carboxylic acids is 4. The van der Waals surface area contributed by atoms with Crippen LogP contribution in [0, 0.1) is 22.7 Å². The number of oxazole rings is 1. The lowest BCUT2D eigenvalue weighted by Crippen LogP contribution is -2.45. The topological polar surface area (TPSA) is 285 Å². The number of nitrogens with one attached hydrogen (secondary N) is 2. The van der Waals surface area contributed by atoms with E-state index in [0.29, 0.717) is 22.2 Å². The third-order valence-corrected chi connectivity index (χ3v) is 8.78. The first-order valence-corrected chi connectivity index (χ1v) is 17.8. The van der Waals surface area contributed by atoms with Crippen LogP contribution in [0.25, 0.3) is 22.6 Å². The lowest BCUT2D eigenvalue weighted by Gasteiger charge is -2.22. The van der Waals surface area contributed by atoms with Crippen molar-refractivity contribution in [3.63, 3.8) is 0 Å². The van der Waals surface area contributed by atoms with Gasteiger partial charge in [0.2, 0.25) is 17.7 Å². The van der Waals surface area contributed by atoms with Crippen LogP contribution in [0.15, 0.2) is 64.2 Å².